The van der Waals surface area contributed by atoms with Crippen LogP contribution in [0, 0.1) is 19.1 Å². The van der Waals surface area contributed by atoms with Crippen LogP contribution < -0.4 is 4.74 Å². The molecule has 0 aliphatic carbocycles. The topological polar surface area (TPSA) is 65.7 Å². The Bertz CT molecular complexity index is 1690. The largest absolute Gasteiger partial charge is 2.00 e. The van der Waals surface area contributed by atoms with Crippen LogP contribution in [0.1, 0.15) is 18.1 Å². The molecule has 6 rings (SSSR count). The maximum Gasteiger partial charge on any atom is 2.00 e. The van der Waals surface area contributed by atoms with E-state index >= 15 is 0 Å². The van der Waals surface area contributed by atoms with Gasteiger partial charge in [-0.3, -0.25) is 0 Å². The van der Waals surface area contributed by atoms with Crippen LogP contribution in [0.5, 0.6) is 11.6 Å². The number of rotatable bonds is 5. The van der Waals surface area contributed by atoms with Crippen molar-refractivity contribution in [3.05, 3.63) is 103 Å². The van der Waals surface area contributed by atoms with Crippen LogP contribution in [-0.4, -0.2) is 24.5 Å². The number of para-hydroxylation sites is 1. The quantitative estimate of drug-likeness (QED) is 0.205. The Hall–Kier alpha value is -3.89. The number of hydrogen-bond acceptors (Lipinski definition) is 5. The Balaban J connectivity index is 0.00000267. The number of ether oxygens (including phenoxy) is 1. The smallest absolute Gasteiger partial charge is 0.458 e. The number of fused-ring (bicyclic) bond motifs is 3. The van der Waals surface area contributed by atoms with Crippen molar-refractivity contribution in [1.29, 1.82) is 0 Å². The van der Waals surface area contributed by atoms with Gasteiger partial charge in [0.05, 0.1) is 5.75 Å². The van der Waals surface area contributed by atoms with Crippen LogP contribution >= 0.6 is 0 Å². The van der Waals surface area contributed by atoms with Gasteiger partial charge in [-0.2, -0.15) is 6.07 Å². The van der Waals surface area contributed by atoms with Gasteiger partial charge >= 0.3 is 21.1 Å². The Morgan fingerprint density at radius 3 is 2.58 bits per heavy atom. The van der Waals surface area contributed by atoms with Crippen LogP contribution in [0.3, 0.4) is 0 Å². The van der Waals surface area contributed by atoms with E-state index in [9.17, 15) is 0 Å². The number of aromatic nitrogens is 5. The summed E-state index contributed by atoms with van der Waals surface area (Å²) in [4.78, 5) is 18.1. The van der Waals surface area contributed by atoms with Crippen molar-refractivity contribution >= 4 is 21.9 Å². The first-order valence-electron chi connectivity index (χ1n) is 11.4. The molecule has 5 heterocycles. The molecule has 0 bridgehead atoms. The third kappa shape index (κ3) is 4.40. The molecule has 0 atom stereocenters. The van der Waals surface area contributed by atoms with E-state index in [1.54, 1.807) is 24.8 Å². The summed E-state index contributed by atoms with van der Waals surface area (Å²) < 4.78 is 8.05. The van der Waals surface area contributed by atoms with E-state index in [0.717, 1.165) is 56.4 Å². The summed E-state index contributed by atoms with van der Waals surface area (Å²) in [5, 5.41) is 1.05. The van der Waals surface area contributed by atoms with Gasteiger partial charge in [0.2, 0.25) is 5.88 Å². The van der Waals surface area contributed by atoms with E-state index in [0.29, 0.717) is 11.6 Å². The first-order valence-corrected chi connectivity index (χ1v) is 11.4. The molecule has 0 aliphatic rings. The van der Waals surface area contributed by atoms with Crippen molar-refractivity contribution in [3.8, 4) is 28.6 Å². The zero-order valence-corrected chi connectivity index (χ0v) is 21.9. The zero-order chi connectivity index (χ0) is 23.8. The Labute approximate surface area is 223 Å². The van der Waals surface area contributed by atoms with Gasteiger partial charge in [0.25, 0.3) is 0 Å². The summed E-state index contributed by atoms with van der Waals surface area (Å²) in [6.45, 7) is 4.15. The molecule has 0 saturated heterocycles. The van der Waals surface area contributed by atoms with Crippen LogP contribution in [-0.2, 0) is 27.5 Å². The third-order valence-electron chi connectivity index (χ3n) is 5.92. The van der Waals surface area contributed by atoms with Crippen LogP contribution in [0.25, 0.3) is 38.9 Å². The minimum Gasteiger partial charge on any atom is -0.458 e. The Morgan fingerprint density at radius 2 is 1.72 bits per heavy atom. The van der Waals surface area contributed by atoms with Crippen LogP contribution in [0.15, 0.2) is 79.5 Å². The average Bonchev–Trinajstić information content (AvgIpc) is 3.23. The maximum absolute atomic E-state index is 5.95. The summed E-state index contributed by atoms with van der Waals surface area (Å²) in [5.41, 5.74) is 6.53. The van der Waals surface area contributed by atoms with E-state index in [1.165, 1.54) is 0 Å². The van der Waals surface area contributed by atoms with Crippen LogP contribution in [0.4, 0.5) is 0 Å². The number of hydrogen-bond donors (Lipinski definition) is 0. The minimum absolute atomic E-state index is 0. The summed E-state index contributed by atoms with van der Waals surface area (Å²) in [7, 11) is 0. The van der Waals surface area contributed by atoms with Crippen molar-refractivity contribution in [1.82, 2.24) is 24.5 Å². The van der Waals surface area contributed by atoms with Gasteiger partial charge in [0.15, 0.2) is 0 Å². The van der Waals surface area contributed by atoms with Crippen molar-refractivity contribution in [2.45, 2.75) is 20.3 Å². The molecule has 0 fully saturated rings. The summed E-state index contributed by atoms with van der Waals surface area (Å²) in [5.74, 6) is 1.83. The number of pyridine rings is 4. The third-order valence-corrected chi connectivity index (χ3v) is 5.92. The fourth-order valence-corrected chi connectivity index (χ4v) is 4.18. The predicted octanol–water partition coefficient (Wildman–Crippen LogP) is 6.29. The maximum atomic E-state index is 5.95. The Morgan fingerprint density at radius 1 is 0.889 bits per heavy atom. The normalized spacial score (nSPS) is 10.9. The molecule has 6 aromatic rings. The Kier molecular flexibility index (Phi) is 6.62. The molecule has 0 N–H and O–H groups in total. The molecule has 178 valence electrons. The SMILES string of the molecule is CCc1ccnc(Oc2[c-]c(-c3[c-]c4c(nc3)c3ccccc3n4-c3cc(C)ccn3)cnc2)c1.[Pt+2]. The van der Waals surface area contributed by atoms with E-state index in [4.69, 9.17) is 9.72 Å². The second kappa shape index (κ2) is 10.00. The fourth-order valence-electron chi connectivity index (χ4n) is 4.18. The van der Waals surface area contributed by atoms with Gasteiger partial charge in [0, 0.05) is 29.5 Å². The predicted molar refractivity (Wildman–Crippen MR) is 136 cm³/mol. The standard InChI is InChI=1S/C29H21N5O.Pt/c1-3-20-9-11-32-28(13-20)35-23-14-21(16-30-18-23)22-15-26-29(33-17-22)24-6-4-5-7-25(24)34(26)27-12-19(2)8-10-31-27;/h4-13,16-18H,3H2,1-2H3;/q-2;+2. The molecule has 0 spiro atoms. The van der Waals surface area contributed by atoms with Gasteiger partial charge in [-0.15, -0.1) is 6.07 Å². The molecule has 6 nitrogen and oxygen atoms in total. The van der Waals surface area contributed by atoms with Crippen molar-refractivity contribution < 1.29 is 25.8 Å². The molecule has 0 amide bonds. The van der Waals surface area contributed by atoms with Crippen molar-refractivity contribution in [2.75, 3.05) is 0 Å². The first kappa shape index (κ1) is 23.8. The van der Waals surface area contributed by atoms with E-state index in [1.807, 2.05) is 36.5 Å². The fraction of sp³-hybridized carbons (Fsp3) is 0.103. The molecular formula is C29H21N5OPt. The first-order chi connectivity index (χ1) is 17.2. The number of aryl methyl sites for hydroxylation is 2. The summed E-state index contributed by atoms with van der Waals surface area (Å²) in [6.07, 6.45) is 9.64. The van der Waals surface area contributed by atoms with E-state index in [-0.39, 0.29) is 21.1 Å². The second-order valence-electron chi connectivity index (χ2n) is 8.31. The summed E-state index contributed by atoms with van der Waals surface area (Å²) >= 11 is 0. The van der Waals surface area contributed by atoms with Crippen molar-refractivity contribution in [3.63, 3.8) is 0 Å². The molecule has 0 aliphatic heterocycles. The minimum atomic E-state index is 0. The van der Waals surface area contributed by atoms with Gasteiger partial charge < -0.3 is 19.3 Å². The second-order valence-corrected chi connectivity index (χ2v) is 8.31. The van der Waals surface area contributed by atoms with Gasteiger partial charge in [-0.1, -0.05) is 37.5 Å². The van der Waals surface area contributed by atoms with Crippen molar-refractivity contribution in [2.24, 2.45) is 0 Å². The molecule has 36 heavy (non-hydrogen) atoms. The number of benzene rings is 1. The summed E-state index contributed by atoms with van der Waals surface area (Å²) in [6, 6.07) is 23.0. The van der Waals surface area contributed by atoms with E-state index in [2.05, 4.69) is 63.7 Å². The van der Waals surface area contributed by atoms with Gasteiger partial charge in [0.1, 0.15) is 5.82 Å². The van der Waals surface area contributed by atoms with Gasteiger partial charge in [-0.05, 0) is 65.8 Å². The zero-order valence-electron chi connectivity index (χ0n) is 19.7. The molecule has 7 heteroatoms. The van der Waals surface area contributed by atoms with Gasteiger partial charge in [-0.25, -0.2) is 21.1 Å². The number of nitrogens with zero attached hydrogens (tertiary/aromatic N) is 5. The molecule has 0 unspecified atom stereocenters. The monoisotopic (exact) mass is 650 g/mol. The molecule has 5 aromatic heterocycles. The average molecular weight is 651 g/mol. The molecular weight excluding hydrogens is 629 g/mol. The van der Waals surface area contributed by atoms with Crippen LogP contribution in [0.2, 0.25) is 0 Å². The molecule has 1 aromatic carbocycles. The molecule has 0 radical (unpaired) electrons. The molecule has 0 saturated carbocycles. The van der Waals surface area contributed by atoms with E-state index < -0.39 is 0 Å².